The summed E-state index contributed by atoms with van der Waals surface area (Å²) >= 11 is 0. The Morgan fingerprint density at radius 1 is 1.31 bits per heavy atom. The molecule has 2 aromatic heterocycles. The van der Waals surface area contributed by atoms with Crippen molar-refractivity contribution in [1.29, 1.82) is 0 Å². The number of carbonyl (C=O) groups excluding carboxylic acids is 1. The van der Waals surface area contributed by atoms with Crippen molar-refractivity contribution in [3.63, 3.8) is 0 Å². The Labute approximate surface area is 93.5 Å². The molecule has 0 aliphatic rings. The van der Waals surface area contributed by atoms with Crippen LogP contribution in [0.15, 0.2) is 49.1 Å². The van der Waals surface area contributed by atoms with Gasteiger partial charge in [0, 0.05) is 24.5 Å². The molecule has 0 spiro atoms. The molecular formula is C12H12N3O+. The molecule has 2 rings (SSSR count). The number of hydrogen-bond donors (Lipinski definition) is 1. The molecule has 1 amide bonds. The van der Waals surface area contributed by atoms with Crippen LogP contribution in [0.4, 0.5) is 0 Å². The lowest BCUT2D eigenvalue weighted by Crippen LogP contribution is -2.47. The van der Waals surface area contributed by atoms with Crippen LogP contribution in [0, 0.1) is 6.92 Å². The van der Waals surface area contributed by atoms with E-state index in [-0.39, 0.29) is 5.91 Å². The van der Waals surface area contributed by atoms with Crippen molar-refractivity contribution in [2.75, 3.05) is 5.43 Å². The molecule has 1 N–H and O–H groups in total. The summed E-state index contributed by atoms with van der Waals surface area (Å²) in [5.41, 5.74) is 4.41. The minimum atomic E-state index is -0.179. The van der Waals surface area contributed by atoms with Gasteiger partial charge in [-0.25, -0.2) is 0 Å². The number of aryl methyl sites for hydroxylation is 1. The molecule has 2 heterocycles. The molecule has 16 heavy (non-hydrogen) atoms. The third-order valence-corrected chi connectivity index (χ3v) is 2.15. The fraction of sp³-hybridized carbons (Fsp3) is 0.0833. The highest BCUT2D eigenvalue weighted by atomic mass is 16.2. The Morgan fingerprint density at radius 2 is 2.06 bits per heavy atom. The number of amides is 1. The zero-order valence-electron chi connectivity index (χ0n) is 8.92. The lowest BCUT2D eigenvalue weighted by atomic mass is 10.3. The van der Waals surface area contributed by atoms with Gasteiger partial charge in [0.1, 0.15) is 0 Å². The van der Waals surface area contributed by atoms with Gasteiger partial charge >= 0.3 is 5.91 Å². The van der Waals surface area contributed by atoms with Crippen molar-refractivity contribution in [3.05, 3.63) is 60.2 Å². The zero-order valence-corrected chi connectivity index (χ0v) is 8.92. The van der Waals surface area contributed by atoms with Crippen LogP contribution in [0.5, 0.6) is 0 Å². The number of nitrogens with zero attached hydrogens (tertiary/aromatic N) is 2. The second-order valence-electron chi connectivity index (χ2n) is 3.47. The van der Waals surface area contributed by atoms with E-state index in [1.54, 1.807) is 35.4 Å². The SMILES string of the molecule is Cc1cc[n+](NC(=O)c2cccnc2)cc1. The molecule has 0 radical (unpaired) electrons. The molecule has 0 fully saturated rings. The van der Waals surface area contributed by atoms with Crippen LogP contribution in [0.1, 0.15) is 15.9 Å². The molecule has 2 aromatic rings. The van der Waals surface area contributed by atoms with Gasteiger partial charge in [-0.05, 0) is 24.6 Å². The maximum Gasteiger partial charge on any atom is 0.306 e. The van der Waals surface area contributed by atoms with E-state index in [0.717, 1.165) is 5.56 Å². The highest BCUT2D eigenvalue weighted by molar-refractivity contribution is 5.98. The van der Waals surface area contributed by atoms with Gasteiger partial charge < -0.3 is 0 Å². The van der Waals surface area contributed by atoms with Crippen molar-refractivity contribution in [2.45, 2.75) is 6.92 Å². The Hall–Kier alpha value is -2.23. The first-order chi connectivity index (χ1) is 7.75. The molecule has 0 saturated heterocycles. The molecule has 0 saturated carbocycles. The van der Waals surface area contributed by atoms with Gasteiger partial charge in [-0.2, -0.15) is 0 Å². The van der Waals surface area contributed by atoms with Crippen LogP contribution >= 0.6 is 0 Å². The second-order valence-corrected chi connectivity index (χ2v) is 3.47. The first-order valence-electron chi connectivity index (χ1n) is 4.95. The Kier molecular flexibility index (Phi) is 2.91. The van der Waals surface area contributed by atoms with E-state index in [1.165, 1.54) is 6.20 Å². The average molecular weight is 214 g/mol. The van der Waals surface area contributed by atoms with Crippen molar-refractivity contribution in [1.82, 2.24) is 4.98 Å². The molecule has 0 unspecified atom stereocenters. The van der Waals surface area contributed by atoms with Gasteiger partial charge in [-0.15, -0.1) is 5.43 Å². The fourth-order valence-corrected chi connectivity index (χ4v) is 1.25. The molecule has 80 valence electrons. The van der Waals surface area contributed by atoms with Crippen molar-refractivity contribution in [2.24, 2.45) is 0 Å². The molecule has 0 aromatic carbocycles. The Balaban J connectivity index is 2.11. The van der Waals surface area contributed by atoms with Gasteiger partial charge in [0.2, 0.25) is 0 Å². The summed E-state index contributed by atoms with van der Waals surface area (Å²) in [5, 5.41) is 0. The number of carbonyl (C=O) groups is 1. The molecule has 4 nitrogen and oxygen atoms in total. The topological polar surface area (TPSA) is 45.9 Å². The summed E-state index contributed by atoms with van der Waals surface area (Å²) in [5.74, 6) is -0.179. The minimum absolute atomic E-state index is 0.179. The van der Waals surface area contributed by atoms with E-state index < -0.39 is 0 Å². The summed E-state index contributed by atoms with van der Waals surface area (Å²) in [6.07, 6.45) is 6.76. The van der Waals surface area contributed by atoms with Crippen LogP contribution in [0.25, 0.3) is 0 Å². The first-order valence-corrected chi connectivity index (χ1v) is 4.95. The van der Waals surface area contributed by atoms with Gasteiger partial charge in [-0.3, -0.25) is 9.78 Å². The molecule has 0 bridgehead atoms. The van der Waals surface area contributed by atoms with Crippen LogP contribution in [-0.2, 0) is 0 Å². The highest BCUT2D eigenvalue weighted by Crippen LogP contribution is 1.95. The average Bonchev–Trinajstić information content (AvgIpc) is 2.33. The van der Waals surface area contributed by atoms with E-state index in [4.69, 9.17) is 0 Å². The lowest BCUT2D eigenvalue weighted by molar-refractivity contribution is -0.641. The van der Waals surface area contributed by atoms with Crippen molar-refractivity contribution >= 4 is 5.91 Å². The minimum Gasteiger partial charge on any atom is -0.264 e. The van der Waals surface area contributed by atoms with Crippen LogP contribution in [0.3, 0.4) is 0 Å². The van der Waals surface area contributed by atoms with E-state index >= 15 is 0 Å². The monoisotopic (exact) mass is 214 g/mol. The number of rotatable bonds is 2. The largest absolute Gasteiger partial charge is 0.306 e. The summed E-state index contributed by atoms with van der Waals surface area (Å²) in [6.45, 7) is 1.99. The number of nitrogens with one attached hydrogen (secondary N) is 1. The van der Waals surface area contributed by atoms with E-state index in [2.05, 4.69) is 10.4 Å². The molecule has 0 aliphatic carbocycles. The normalized spacial score (nSPS) is 9.81. The van der Waals surface area contributed by atoms with Crippen LogP contribution < -0.4 is 10.1 Å². The summed E-state index contributed by atoms with van der Waals surface area (Å²) in [7, 11) is 0. The molecule has 0 aliphatic heterocycles. The molecule has 4 heteroatoms. The third kappa shape index (κ3) is 2.42. The predicted octanol–water partition coefficient (Wildman–Crippen LogP) is 1.06. The van der Waals surface area contributed by atoms with Gasteiger partial charge in [0.25, 0.3) is 0 Å². The predicted molar refractivity (Wildman–Crippen MR) is 59.3 cm³/mol. The van der Waals surface area contributed by atoms with Crippen molar-refractivity contribution in [3.8, 4) is 0 Å². The maximum absolute atomic E-state index is 11.7. The summed E-state index contributed by atoms with van der Waals surface area (Å²) in [6, 6.07) is 7.29. The Morgan fingerprint density at radius 3 is 2.69 bits per heavy atom. The molecular weight excluding hydrogens is 202 g/mol. The van der Waals surface area contributed by atoms with E-state index in [0.29, 0.717) is 5.56 Å². The lowest BCUT2D eigenvalue weighted by Gasteiger charge is -1.98. The smallest absolute Gasteiger partial charge is 0.264 e. The Bertz CT molecular complexity index is 479. The van der Waals surface area contributed by atoms with Crippen LogP contribution in [-0.4, -0.2) is 10.9 Å². The quantitative estimate of drug-likeness (QED) is 0.760. The summed E-state index contributed by atoms with van der Waals surface area (Å²) in [4.78, 5) is 15.6. The van der Waals surface area contributed by atoms with Gasteiger partial charge in [-0.1, -0.05) is 4.68 Å². The maximum atomic E-state index is 11.7. The standard InChI is InChI=1S/C12H11N3O/c1-10-4-7-15(8-5-10)14-12(16)11-3-2-6-13-9-11/h2-9H,1H3/p+1. The first kappa shape index (κ1) is 10.3. The summed E-state index contributed by atoms with van der Waals surface area (Å²) < 4.78 is 1.61. The number of pyridine rings is 2. The van der Waals surface area contributed by atoms with E-state index in [9.17, 15) is 4.79 Å². The number of hydrogen-bond acceptors (Lipinski definition) is 2. The molecule has 0 atom stereocenters. The number of aromatic nitrogens is 2. The zero-order chi connectivity index (χ0) is 11.4. The van der Waals surface area contributed by atoms with Crippen LogP contribution in [0.2, 0.25) is 0 Å². The van der Waals surface area contributed by atoms with Gasteiger partial charge in [0.05, 0.1) is 5.56 Å². The van der Waals surface area contributed by atoms with Crippen molar-refractivity contribution < 1.29 is 9.47 Å². The third-order valence-electron chi connectivity index (χ3n) is 2.15. The van der Waals surface area contributed by atoms with E-state index in [1.807, 2.05) is 19.1 Å². The fourth-order valence-electron chi connectivity index (χ4n) is 1.25. The second kappa shape index (κ2) is 4.53. The highest BCUT2D eigenvalue weighted by Gasteiger charge is 2.09. The van der Waals surface area contributed by atoms with Gasteiger partial charge in [0.15, 0.2) is 12.4 Å².